The molecule has 0 bridgehead atoms. The summed E-state index contributed by atoms with van der Waals surface area (Å²) >= 11 is 11.9. The summed E-state index contributed by atoms with van der Waals surface area (Å²) < 4.78 is 30.2. The van der Waals surface area contributed by atoms with Crippen LogP contribution in [0.3, 0.4) is 0 Å². The Balaban J connectivity index is 1.95. The Hall–Kier alpha value is -1.73. The van der Waals surface area contributed by atoms with E-state index in [1.165, 1.54) is 18.2 Å². The van der Waals surface area contributed by atoms with Gasteiger partial charge in [-0.05, 0) is 50.5 Å². The van der Waals surface area contributed by atoms with Gasteiger partial charge in [-0.3, -0.25) is 4.72 Å². The standard InChI is InChI=1S/C18H19Cl2N3O2S/c1-22(2)8-9-23-7-6-16-17(4-3-5-18(16)23)21-26(24,25)15-11-13(19)10-14(20)12-15/h3-7,10-12,21H,8-9H2,1-2H3. The van der Waals surface area contributed by atoms with Crippen molar-refractivity contribution in [2.24, 2.45) is 0 Å². The molecule has 1 aromatic heterocycles. The lowest BCUT2D eigenvalue weighted by Gasteiger charge is -2.13. The van der Waals surface area contributed by atoms with Crippen molar-refractivity contribution in [1.82, 2.24) is 9.47 Å². The zero-order valence-corrected chi connectivity index (χ0v) is 16.7. The number of sulfonamides is 1. The molecule has 0 aliphatic rings. The molecule has 3 aromatic rings. The number of rotatable bonds is 6. The van der Waals surface area contributed by atoms with Crippen molar-refractivity contribution in [1.29, 1.82) is 0 Å². The van der Waals surface area contributed by atoms with Crippen LogP contribution in [-0.2, 0) is 16.6 Å². The van der Waals surface area contributed by atoms with Crippen LogP contribution in [0, 0.1) is 0 Å². The number of anilines is 1. The van der Waals surface area contributed by atoms with Crippen molar-refractivity contribution in [2.75, 3.05) is 25.4 Å². The molecule has 138 valence electrons. The normalized spacial score (nSPS) is 12.0. The number of hydrogen-bond donors (Lipinski definition) is 1. The van der Waals surface area contributed by atoms with E-state index in [2.05, 4.69) is 14.2 Å². The summed E-state index contributed by atoms with van der Waals surface area (Å²) in [5, 5.41) is 1.37. The minimum atomic E-state index is -3.80. The van der Waals surface area contributed by atoms with Crippen LogP contribution in [0.25, 0.3) is 10.9 Å². The summed E-state index contributed by atoms with van der Waals surface area (Å²) in [7, 11) is 0.228. The number of halogens is 2. The molecule has 26 heavy (non-hydrogen) atoms. The molecule has 0 saturated carbocycles. The van der Waals surface area contributed by atoms with Crippen LogP contribution in [-0.4, -0.2) is 38.5 Å². The number of aromatic nitrogens is 1. The van der Waals surface area contributed by atoms with Gasteiger partial charge in [-0.15, -0.1) is 0 Å². The summed E-state index contributed by atoms with van der Waals surface area (Å²) in [4.78, 5) is 2.13. The van der Waals surface area contributed by atoms with Gasteiger partial charge in [-0.2, -0.15) is 0 Å². The Morgan fingerprint density at radius 2 is 1.77 bits per heavy atom. The second kappa shape index (κ2) is 7.48. The lowest BCUT2D eigenvalue weighted by molar-refractivity contribution is 0.387. The van der Waals surface area contributed by atoms with E-state index in [9.17, 15) is 8.42 Å². The quantitative estimate of drug-likeness (QED) is 0.657. The lowest BCUT2D eigenvalue weighted by atomic mass is 10.2. The van der Waals surface area contributed by atoms with E-state index in [-0.39, 0.29) is 14.9 Å². The summed E-state index contributed by atoms with van der Waals surface area (Å²) in [5.41, 5.74) is 1.48. The Morgan fingerprint density at radius 3 is 2.42 bits per heavy atom. The van der Waals surface area contributed by atoms with Crippen molar-refractivity contribution >= 4 is 49.8 Å². The van der Waals surface area contributed by atoms with Gasteiger partial charge >= 0.3 is 0 Å². The molecule has 0 atom stereocenters. The molecule has 0 aliphatic heterocycles. The summed E-state index contributed by atoms with van der Waals surface area (Å²) in [5.74, 6) is 0. The van der Waals surface area contributed by atoms with Gasteiger partial charge in [0, 0.05) is 34.7 Å². The first-order valence-corrected chi connectivity index (χ1v) is 10.2. The predicted octanol–water partition coefficient (Wildman–Crippen LogP) is 4.31. The maximum absolute atomic E-state index is 12.7. The van der Waals surface area contributed by atoms with Crippen LogP contribution in [0.15, 0.2) is 53.6 Å². The number of benzene rings is 2. The minimum absolute atomic E-state index is 0.0269. The third-order valence-corrected chi connectivity index (χ3v) is 5.77. The van der Waals surface area contributed by atoms with E-state index in [1.54, 1.807) is 6.07 Å². The largest absolute Gasteiger partial charge is 0.346 e. The Bertz CT molecular complexity index is 1030. The molecular formula is C18H19Cl2N3O2S. The minimum Gasteiger partial charge on any atom is -0.346 e. The molecule has 0 aliphatic carbocycles. The molecule has 2 aromatic carbocycles. The van der Waals surface area contributed by atoms with Gasteiger partial charge in [0.25, 0.3) is 10.0 Å². The topological polar surface area (TPSA) is 54.3 Å². The third-order valence-electron chi connectivity index (χ3n) is 3.99. The van der Waals surface area contributed by atoms with E-state index in [0.717, 1.165) is 24.0 Å². The summed E-state index contributed by atoms with van der Waals surface area (Å²) in [6.45, 7) is 1.71. The number of hydrogen-bond acceptors (Lipinski definition) is 3. The first kappa shape index (κ1) is 19.0. The van der Waals surface area contributed by atoms with Gasteiger partial charge in [0.05, 0.1) is 16.1 Å². The van der Waals surface area contributed by atoms with Gasteiger partial charge in [0.15, 0.2) is 0 Å². The van der Waals surface area contributed by atoms with E-state index in [4.69, 9.17) is 23.2 Å². The van der Waals surface area contributed by atoms with Crippen LogP contribution >= 0.6 is 23.2 Å². The molecule has 0 radical (unpaired) electrons. The zero-order chi connectivity index (χ0) is 18.9. The molecule has 0 fully saturated rings. The number of fused-ring (bicyclic) bond motifs is 1. The number of nitrogens with zero attached hydrogens (tertiary/aromatic N) is 2. The fourth-order valence-electron chi connectivity index (χ4n) is 2.70. The van der Waals surface area contributed by atoms with Crippen LogP contribution in [0.4, 0.5) is 5.69 Å². The molecule has 5 nitrogen and oxygen atoms in total. The van der Waals surface area contributed by atoms with E-state index in [1.807, 2.05) is 38.5 Å². The highest BCUT2D eigenvalue weighted by Gasteiger charge is 2.17. The van der Waals surface area contributed by atoms with Crippen molar-refractivity contribution in [3.63, 3.8) is 0 Å². The van der Waals surface area contributed by atoms with Crippen LogP contribution in [0.2, 0.25) is 10.0 Å². The Labute approximate surface area is 163 Å². The maximum atomic E-state index is 12.7. The van der Waals surface area contributed by atoms with Crippen molar-refractivity contribution in [3.8, 4) is 0 Å². The van der Waals surface area contributed by atoms with Crippen LogP contribution in [0.1, 0.15) is 0 Å². The van der Waals surface area contributed by atoms with Gasteiger partial charge < -0.3 is 9.47 Å². The van der Waals surface area contributed by atoms with Gasteiger partial charge in [-0.25, -0.2) is 8.42 Å². The Morgan fingerprint density at radius 1 is 1.08 bits per heavy atom. The predicted molar refractivity (Wildman–Crippen MR) is 108 cm³/mol. The van der Waals surface area contributed by atoms with E-state index >= 15 is 0 Å². The molecule has 0 spiro atoms. The fraction of sp³-hybridized carbons (Fsp3) is 0.222. The average molecular weight is 412 g/mol. The fourth-order valence-corrected chi connectivity index (χ4v) is 4.51. The van der Waals surface area contributed by atoms with Crippen LogP contribution < -0.4 is 4.72 Å². The summed E-state index contributed by atoms with van der Waals surface area (Å²) in [6.07, 6.45) is 1.96. The smallest absolute Gasteiger partial charge is 0.262 e. The molecular weight excluding hydrogens is 393 g/mol. The van der Waals surface area contributed by atoms with Gasteiger partial charge in [0.1, 0.15) is 0 Å². The molecule has 3 rings (SSSR count). The third kappa shape index (κ3) is 4.15. The molecule has 1 heterocycles. The summed E-state index contributed by atoms with van der Waals surface area (Å²) in [6, 6.07) is 11.7. The number of likely N-dealkylation sites (N-methyl/N-ethyl adjacent to an activating group) is 1. The van der Waals surface area contributed by atoms with Crippen molar-refractivity contribution in [3.05, 3.63) is 58.7 Å². The maximum Gasteiger partial charge on any atom is 0.262 e. The molecule has 0 unspecified atom stereocenters. The highest BCUT2D eigenvalue weighted by atomic mass is 35.5. The van der Waals surface area contributed by atoms with Crippen LogP contribution in [0.5, 0.6) is 0 Å². The van der Waals surface area contributed by atoms with Crippen molar-refractivity contribution in [2.45, 2.75) is 11.4 Å². The second-order valence-corrected chi connectivity index (χ2v) is 8.82. The molecule has 0 amide bonds. The highest BCUT2D eigenvalue weighted by Crippen LogP contribution is 2.28. The van der Waals surface area contributed by atoms with E-state index in [0.29, 0.717) is 5.69 Å². The SMILES string of the molecule is CN(C)CCn1ccc2c(NS(=O)(=O)c3cc(Cl)cc(Cl)c3)cccc21. The average Bonchev–Trinajstić information content (AvgIpc) is 2.96. The second-order valence-electron chi connectivity index (χ2n) is 6.26. The van der Waals surface area contributed by atoms with Gasteiger partial charge in [-0.1, -0.05) is 29.3 Å². The monoisotopic (exact) mass is 411 g/mol. The molecule has 0 saturated heterocycles. The van der Waals surface area contributed by atoms with Crippen molar-refractivity contribution < 1.29 is 8.42 Å². The zero-order valence-electron chi connectivity index (χ0n) is 14.4. The van der Waals surface area contributed by atoms with Gasteiger partial charge in [0.2, 0.25) is 0 Å². The lowest BCUT2D eigenvalue weighted by Crippen LogP contribution is -2.18. The Kier molecular flexibility index (Phi) is 5.48. The highest BCUT2D eigenvalue weighted by molar-refractivity contribution is 7.92. The molecule has 1 N–H and O–H groups in total. The number of nitrogens with one attached hydrogen (secondary N) is 1. The molecule has 8 heteroatoms. The first-order valence-electron chi connectivity index (χ1n) is 7.98. The van der Waals surface area contributed by atoms with E-state index < -0.39 is 10.0 Å². The first-order chi connectivity index (χ1) is 12.3.